The van der Waals surface area contributed by atoms with Crippen LogP contribution in [0.1, 0.15) is 32.9 Å². The standard InChI is InChI=1S/C25H22ClN5O3S/c1-16-6-8-19(9-7-16)30-23(28-29-25(30)35-15-18-5-3-4-17(2)12-18)14-27-24(32)21-11-10-20(31(33)34)13-22(21)26/h3-13H,14-15H2,1-2H3,(H,27,32). The molecule has 0 radical (unpaired) electrons. The Labute approximate surface area is 211 Å². The van der Waals surface area contributed by atoms with Gasteiger partial charge in [-0.25, -0.2) is 0 Å². The van der Waals surface area contributed by atoms with Gasteiger partial charge in [-0.3, -0.25) is 19.5 Å². The summed E-state index contributed by atoms with van der Waals surface area (Å²) in [7, 11) is 0. The van der Waals surface area contributed by atoms with Crippen LogP contribution in [0.25, 0.3) is 5.69 Å². The zero-order chi connectivity index (χ0) is 24.9. The SMILES string of the molecule is Cc1ccc(-n2c(CNC(=O)c3ccc([N+](=O)[O-])cc3Cl)nnc2SCc2cccc(C)c2)cc1. The summed E-state index contributed by atoms with van der Waals surface area (Å²) < 4.78 is 1.91. The highest BCUT2D eigenvalue weighted by atomic mass is 35.5. The van der Waals surface area contributed by atoms with Crippen LogP contribution in [0.15, 0.2) is 71.9 Å². The number of carbonyl (C=O) groups excluding carboxylic acids is 1. The Hall–Kier alpha value is -3.69. The molecule has 1 aromatic heterocycles. The quantitative estimate of drug-likeness (QED) is 0.187. The number of hydrogen-bond acceptors (Lipinski definition) is 6. The average molecular weight is 508 g/mol. The predicted molar refractivity (Wildman–Crippen MR) is 136 cm³/mol. The molecule has 0 aliphatic carbocycles. The third kappa shape index (κ3) is 5.87. The molecule has 35 heavy (non-hydrogen) atoms. The second-order valence-electron chi connectivity index (χ2n) is 7.95. The van der Waals surface area contributed by atoms with Crippen molar-refractivity contribution in [1.29, 1.82) is 0 Å². The van der Waals surface area contributed by atoms with Gasteiger partial charge in [0, 0.05) is 23.6 Å². The largest absolute Gasteiger partial charge is 0.345 e. The van der Waals surface area contributed by atoms with Crippen LogP contribution in [0.5, 0.6) is 0 Å². The van der Waals surface area contributed by atoms with E-state index < -0.39 is 10.8 Å². The van der Waals surface area contributed by atoms with E-state index in [1.165, 1.54) is 23.3 Å². The number of nitrogens with zero attached hydrogens (tertiary/aromatic N) is 4. The number of amides is 1. The van der Waals surface area contributed by atoms with Crippen molar-refractivity contribution in [3.8, 4) is 5.69 Å². The van der Waals surface area contributed by atoms with Crippen molar-refractivity contribution in [3.63, 3.8) is 0 Å². The normalized spacial score (nSPS) is 10.8. The fraction of sp³-hybridized carbons (Fsp3) is 0.160. The molecule has 0 bridgehead atoms. The maximum atomic E-state index is 12.7. The van der Waals surface area contributed by atoms with Gasteiger partial charge in [-0.15, -0.1) is 10.2 Å². The lowest BCUT2D eigenvalue weighted by Gasteiger charge is -2.12. The van der Waals surface area contributed by atoms with Crippen molar-refractivity contribution in [2.45, 2.75) is 31.3 Å². The molecule has 178 valence electrons. The lowest BCUT2D eigenvalue weighted by molar-refractivity contribution is -0.384. The van der Waals surface area contributed by atoms with E-state index in [2.05, 4.69) is 40.6 Å². The topological polar surface area (TPSA) is 103 Å². The minimum atomic E-state index is -0.562. The molecule has 0 aliphatic rings. The van der Waals surface area contributed by atoms with Crippen LogP contribution in [0.3, 0.4) is 0 Å². The third-order valence-electron chi connectivity index (χ3n) is 5.26. The molecule has 0 saturated carbocycles. The van der Waals surface area contributed by atoms with Crippen LogP contribution in [0.4, 0.5) is 5.69 Å². The number of nitrogens with one attached hydrogen (secondary N) is 1. The maximum Gasteiger partial charge on any atom is 0.270 e. The number of aromatic nitrogens is 3. The van der Waals surface area contributed by atoms with Gasteiger partial charge in [0.1, 0.15) is 0 Å². The summed E-state index contributed by atoms with van der Waals surface area (Å²) in [6, 6.07) is 20.0. The van der Waals surface area contributed by atoms with E-state index in [0.717, 1.165) is 23.1 Å². The molecule has 8 nitrogen and oxygen atoms in total. The number of carbonyl (C=O) groups is 1. The summed E-state index contributed by atoms with van der Waals surface area (Å²) in [5.74, 6) is 0.806. The Bertz CT molecular complexity index is 1390. The molecule has 0 saturated heterocycles. The van der Waals surface area contributed by atoms with Crippen LogP contribution in [-0.4, -0.2) is 25.6 Å². The van der Waals surface area contributed by atoms with E-state index in [9.17, 15) is 14.9 Å². The van der Waals surface area contributed by atoms with E-state index >= 15 is 0 Å². The fourth-order valence-electron chi connectivity index (χ4n) is 3.47. The zero-order valence-corrected chi connectivity index (χ0v) is 20.6. The van der Waals surface area contributed by atoms with Crippen LogP contribution in [0.2, 0.25) is 5.02 Å². The molecule has 1 amide bonds. The van der Waals surface area contributed by atoms with Crippen molar-refractivity contribution in [1.82, 2.24) is 20.1 Å². The Kier molecular flexibility index (Phi) is 7.48. The molecule has 4 aromatic rings. The summed E-state index contributed by atoms with van der Waals surface area (Å²) >= 11 is 7.66. The number of aryl methyl sites for hydroxylation is 2. The lowest BCUT2D eigenvalue weighted by Crippen LogP contribution is -2.25. The number of non-ortho nitro benzene ring substituents is 1. The lowest BCUT2D eigenvalue weighted by atomic mass is 10.2. The zero-order valence-electron chi connectivity index (χ0n) is 19.1. The van der Waals surface area contributed by atoms with E-state index in [1.807, 2.05) is 41.8 Å². The second-order valence-corrected chi connectivity index (χ2v) is 9.30. The number of nitro benzene ring substituents is 1. The number of rotatable bonds is 8. The molecule has 0 atom stereocenters. The minimum absolute atomic E-state index is 0.00565. The highest BCUT2D eigenvalue weighted by molar-refractivity contribution is 7.98. The minimum Gasteiger partial charge on any atom is -0.345 e. The number of nitro groups is 1. The van der Waals surface area contributed by atoms with Gasteiger partial charge in [0.25, 0.3) is 11.6 Å². The van der Waals surface area contributed by atoms with Gasteiger partial charge < -0.3 is 5.32 Å². The number of hydrogen-bond donors (Lipinski definition) is 1. The first kappa shape index (κ1) is 24.4. The van der Waals surface area contributed by atoms with Crippen LogP contribution in [-0.2, 0) is 12.3 Å². The number of thioether (sulfide) groups is 1. The molecule has 0 aliphatic heterocycles. The Morgan fingerprint density at radius 2 is 1.83 bits per heavy atom. The Morgan fingerprint density at radius 1 is 1.06 bits per heavy atom. The molecule has 0 spiro atoms. The van der Waals surface area contributed by atoms with Gasteiger partial charge in [0.15, 0.2) is 11.0 Å². The van der Waals surface area contributed by atoms with E-state index in [1.54, 1.807) is 11.8 Å². The summed E-state index contributed by atoms with van der Waals surface area (Å²) in [5, 5.41) is 23.1. The van der Waals surface area contributed by atoms with E-state index in [0.29, 0.717) is 11.0 Å². The highest BCUT2D eigenvalue weighted by Crippen LogP contribution is 2.26. The maximum absolute atomic E-state index is 12.7. The van der Waals surface area contributed by atoms with Crippen LogP contribution >= 0.6 is 23.4 Å². The van der Waals surface area contributed by atoms with Crippen molar-refractivity contribution >= 4 is 35.0 Å². The fourth-order valence-corrected chi connectivity index (χ4v) is 4.64. The third-order valence-corrected chi connectivity index (χ3v) is 6.57. The Morgan fingerprint density at radius 3 is 2.51 bits per heavy atom. The summed E-state index contributed by atoms with van der Waals surface area (Å²) in [4.78, 5) is 23.1. The second kappa shape index (κ2) is 10.7. The molecule has 1 N–H and O–H groups in total. The number of halogens is 1. The molecule has 0 fully saturated rings. The van der Waals surface area contributed by atoms with Gasteiger partial charge >= 0.3 is 0 Å². The van der Waals surface area contributed by atoms with Crippen molar-refractivity contribution < 1.29 is 9.72 Å². The molecule has 3 aromatic carbocycles. The van der Waals surface area contributed by atoms with Crippen molar-refractivity contribution in [3.05, 3.63) is 110 Å². The van der Waals surface area contributed by atoms with Crippen LogP contribution in [0, 0.1) is 24.0 Å². The van der Waals surface area contributed by atoms with Gasteiger partial charge in [0.2, 0.25) is 0 Å². The van der Waals surface area contributed by atoms with Crippen LogP contribution < -0.4 is 5.32 Å². The van der Waals surface area contributed by atoms with Crippen molar-refractivity contribution in [2.75, 3.05) is 0 Å². The summed E-state index contributed by atoms with van der Waals surface area (Å²) in [5.41, 5.74) is 4.34. The first-order chi connectivity index (χ1) is 16.8. The highest BCUT2D eigenvalue weighted by Gasteiger charge is 2.18. The smallest absolute Gasteiger partial charge is 0.270 e. The van der Waals surface area contributed by atoms with Gasteiger partial charge in [-0.1, -0.05) is 70.9 Å². The molecular weight excluding hydrogens is 486 g/mol. The number of benzene rings is 3. The molecule has 4 rings (SSSR count). The molecule has 10 heteroatoms. The molecular formula is C25H22ClN5O3S. The first-order valence-corrected chi connectivity index (χ1v) is 12.1. The monoisotopic (exact) mass is 507 g/mol. The van der Waals surface area contributed by atoms with Gasteiger partial charge in [-0.2, -0.15) is 0 Å². The summed E-state index contributed by atoms with van der Waals surface area (Å²) in [6.45, 7) is 4.16. The van der Waals surface area contributed by atoms with E-state index in [4.69, 9.17) is 11.6 Å². The van der Waals surface area contributed by atoms with Gasteiger partial charge in [-0.05, 0) is 37.6 Å². The summed E-state index contributed by atoms with van der Waals surface area (Å²) in [6.07, 6.45) is 0. The van der Waals surface area contributed by atoms with Crippen molar-refractivity contribution in [2.24, 2.45) is 0 Å². The van der Waals surface area contributed by atoms with Gasteiger partial charge in [0.05, 0.1) is 22.1 Å². The van der Waals surface area contributed by atoms with E-state index in [-0.39, 0.29) is 22.8 Å². The molecule has 1 heterocycles. The molecule has 0 unspecified atom stereocenters. The average Bonchev–Trinajstić information content (AvgIpc) is 3.24. The predicted octanol–water partition coefficient (Wildman–Crippen LogP) is 5.67. The first-order valence-electron chi connectivity index (χ1n) is 10.7. The Balaban J connectivity index is 1.56.